The van der Waals surface area contributed by atoms with Crippen LogP contribution in [0.3, 0.4) is 0 Å². The summed E-state index contributed by atoms with van der Waals surface area (Å²) in [5.74, 6) is 1.58. The maximum atomic E-state index is 9.44. The lowest BCUT2D eigenvalue weighted by Gasteiger charge is -2.18. The predicted octanol–water partition coefficient (Wildman–Crippen LogP) is 0.359. The minimum Gasteiger partial charge on any atom is -0.392 e. The Morgan fingerprint density at radius 1 is 1.41 bits per heavy atom. The van der Waals surface area contributed by atoms with Gasteiger partial charge in [0.1, 0.15) is 0 Å². The number of nitrogens with zero attached hydrogens (tertiary/aromatic N) is 2. The molecule has 2 aliphatic rings. The fraction of sp³-hybridized carbons (Fsp3) is 0.818. The van der Waals surface area contributed by atoms with Crippen LogP contribution >= 0.6 is 0 Å². The van der Waals surface area contributed by atoms with Gasteiger partial charge in [-0.25, -0.2) is 0 Å². The molecular formula is C11H17N3O3. The molecule has 0 radical (unpaired) electrons. The van der Waals surface area contributed by atoms with Crippen molar-refractivity contribution in [2.75, 3.05) is 19.8 Å². The van der Waals surface area contributed by atoms with Gasteiger partial charge in [0.25, 0.3) is 0 Å². The highest BCUT2D eigenvalue weighted by molar-refractivity contribution is 5.01. The fourth-order valence-corrected chi connectivity index (χ4v) is 2.40. The van der Waals surface area contributed by atoms with Crippen molar-refractivity contribution in [3.63, 3.8) is 0 Å². The molecule has 1 aromatic heterocycles. The largest absolute Gasteiger partial charge is 0.392 e. The topological polar surface area (TPSA) is 80.4 Å². The standard InChI is InChI=1S/C11H17N3O3/c15-8-4-9(12-5-8)11-13-10(14-17-11)7-2-1-3-16-6-7/h7-9,12,15H,1-6H2/t7?,8-,9+/m1/s1. The highest BCUT2D eigenvalue weighted by Gasteiger charge is 2.29. The van der Waals surface area contributed by atoms with Crippen molar-refractivity contribution >= 4 is 0 Å². The number of hydrogen-bond acceptors (Lipinski definition) is 6. The first-order valence-electron chi connectivity index (χ1n) is 6.15. The van der Waals surface area contributed by atoms with Gasteiger partial charge in [0.15, 0.2) is 5.82 Å². The van der Waals surface area contributed by atoms with Crippen LogP contribution in [0.15, 0.2) is 4.52 Å². The van der Waals surface area contributed by atoms with E-state index in [0.29, 0.717) is 25.5 Å². The van der Waals surface area contributed by atoms with Crippen LogP contribution in [0.2, 0.25) is 0 Å². The number of nitrogens with one attached hydrogen (secondary N) is 1. The monoisotopic (exact) mass is 239 g/mol. The van der Waals surface area contributed by atoms with Gasteiger partial charge in [-0.05, 0) is 19.3 Å². The number of β-amino-alcohol motifs (C(OH)–C–C–N with tert-alkyl or cyclic N) is 1. The van der Waals surface area contributed by atoms with Gasteiger partial charge in [0, 0.05) is 19.1 Å². The summed E-state index contributed by atoms with van der Waals surface area (Å²) in [6.07, 6.45) is 2.44. The van der Waals surface area contributed by atoms with E-state index in [1.165, 1.54) is 0 Å². The van der Waals surface area contributed by atoms with Crippen LogP contribution in [-0.2, 0) is 4.74 Å². The number of hydrogen-bond donors (Lipinski definition) is 2. The van der Waals surface area contributed by atoms with E-state index in [1.54, 1.807) is 0 Å². The molecule has 6 heteroatoms. The number of aromatic nitrogens is 2. The van der Waals surface area contributed by atoms with Gasteiger partial charge < -0.3 is 19.7 Å². The third kappa shape index (κ3) is 2.34. The number of ether oxygens (including phenoxy) is 1. The van der Waals surface area contributed by atoms with Crippen LogP contribution in [0, 0.1) is 0 Å². The average Bonchev–Trinajstić information content (AvgIpc) is 2.98. The minimum atomic E-state index is -0.312. The van der Waals surface area contributed by atoms with Crippen LogP contribution in [-0.4, -0.2) is 41.1 Å². The van der Waals surface area contributed by atoms with E-state index in [0.717, 1.165) is 25.3 Å². The van der Waals surface area contributed by atoms with E-state index in [4.69, 9.17) is 9.26 Å². The number of aliphatic hydroxyl groups excluding tert-OH is 1. The Morgan fingerprint density at radius 2 is 2.35 bits per heavy atom. The van der Waals surface area contributed by atoms with Crippen LogP contribution in [0.1, 0.15) is 42.9 Å². The second kappa shape index (κ2) is 4.72. The van der Waals surface area contributed by atoms with Crippen LogP contribution in [0.5, 0.6) is 0 Å². The Balaban J connectivity index is 1.69. The molecule has 0 bridgehead atoms. The zero-order valence-electron chi connectivity index (χ0n) is 9.63. The number of aliphatic hydroxyl groups is 1. The summed E-state index contributed by atoms with van der Waals surface area (Å²) in [6, 6.07) is -0.00393. The summed E-state index contributed by atoms with van der Waals surface area (Å²) in [5, 5.41) is 16.6. The van der Waals surface area contributed by atoms with E-state index < -0.39 is 0 Å². The molecule has 2 saturated heterocycles. The van der Waals surface area contributed by atoms with Crippen LogP contribution < -0.4 is 5.32 Å². The summed E-state index contributed by atoms with van der Waals surface area (Å²) in [5.41, 5.74) is 0. The van der Waals surface area contributed by atoms with Gasteiger partial charge in [-0.15, -0.1) is 0 Å². The smallest absolute Gasteiger partial charge is 0.243 e. The molecule has 3 rings (SSSR count). The molecule has 3 atom stereocenters. The lowest BCUT2D eigenvalue weighted by molar-refractivity contribution is 0.0773. The van der Waals surface area contributed by atoms with Crippen molar-refractivity contribution in [1.29, 1.82) is 0 Å². The van der Waals surface area contributed by atoms with Gasteiger partial charge >= 0.3 is 0 Å². The molecule has 0 spiro atoms. The summed E-state index contributed by atoms with van der Waals surface area (Å²) in [7, 11) is 0. The van der Waals surface area contributed by atoms with E-state index in [-0.39, 0.29) is 18.1 Å². The first kappa shape index (κ1) is 11.1. The Kier molecular flexibility index (Phi) is 3.09. The molecule has 17 heavy (non-hydrogen) atoms. The first-order chi connectivity index (χ1) is 8.33. The third-order valence-corrected chi connectivity index (χ3v) is 3.39. The molecule has 1 unspecified atom stereocenters. The molecule has 3 heterocycles. The van der Waals surface area contributed by atoms with Gasteiger partial charge in [-0.2, -0.15) is 4.98 Å². The molecule has 1 aromatic rings. The summed E-state index contributed by atoms with van der Waals surface area (Å²) < 4.78 is 10.7. The highest BCUT2D eigenvalue weighted by atomic mass is 16.5. The maximum absolute atomic E-state index is 9.44. The lowest BCUT2D eigenvalue weighted by atomic mass is 10.0. The predicted molar refractivity (Wildman–Crippen MR) is 58.5 cm³/mol. The Labute approximate surface area is 99.3 Å². The van der Waals surface area contributed by atoms with Crippen molar-refractivity contribution in [1.82, 2.24) is 15.5 Å². The Morgan fingerprint density at radius 3 is 3.06 bits per heavy atom. The Hall–Kier alpha value is -0.980. The fourth-order valence-electron chi connectivity index (χ4n) is 2.40. The summed E-state index contributed by atoms with van der Waals surface area (Å²) >= 11 is 0. The third-order valence-electron chi connectivity index (χ3n) is 3.39. The minimum absolute atomic E-state index is 0.00393. The molecule has 0 aliphatic carbocycles. The van der Waals surface area contributed by atoms with E-state index in [1.807, 2.05) is 0 Å². The molecule has 2 aliphatic heterocycles. The zero-order chi connectivity index (χ0) is 11.7. The van der Waals surface area contributed by atoms with Gasteiger partial charge in [0.05, 0.1) is 18.8 Å². The van der Waals surface area contributed by atoms with Crippen molar-refractivity contribution < 1.29 is 14.4 Å². The molecule has 0 aromatic carbocycles. The molecule has 0 amide bonds. The molecule has 2 N–H and O–H groups in total. The number of rotatable bonds is 2. The SMILES string of the molecule is O[C@H]1CN[C@H](c2nc(C3CCCOC3)no2)C1. The normalized spacial score (nSPS) is 34.1. The van der Waals surface area contributed by atoms with Crippen molar-refractivity contribution in [3.8, 4) is 0 Å². The van der Waals surface area contributed by atoms with Crippen molar-refractivity contribution in [3.05, 3.63) is 11.7 Å². The van der Waals surface area contributed by atoms with E-state index in [2.05, 4.69) is 15.5 Å². The molecule has 94 valence electrons. The van der Waals surface area contributed by atoms with Gasteiger partial charge in [-0.3, -0.25) is 0 Å². The quantitative estimate of drug-likeness (QED) is 0.775. The van der Waals surface area contributed by atoms with Crippen LogP contribution in [0.25, 0.3) is 0 Å². The molecule has 2 fully saturated rings. The maximum Gasteiger partial charge on any atom is 0.243 e. The average molecular weight is 239 g/mol. The molecule has 6 nitrogen and oxygen atoms in total. The summed E-state index contributed by atoms with van der Waals surface area (Å²) in [6.45, 7) is 2.10. The van der Waals surface area contributed by atoms with Gasteiger partial charge in [0.2, 0.25) is 5.89 Å². The second-order valence-electron chi connectivity index (χ2n) is 4.76. The van der Waals surface area contributed by atoms with Crippen molar-refractivity contribution in [2.45, 2.75) is 37.3 Å². The van der Waals surface area contributed by atoms with E-state index in [9.17, 15) is 5.11 Å². The van der Waals surface area contributed by atoms with Crippen molar-refractivity contribution in [2.24, 2.45) is 0 Å². The molecular weight excluding hydrogens is 222 g/mol. The highest BCUT2D eigenvalue weighted by Crippen LogP contribution is 2.26. The zero-order valence-corrected chi connectivity index (χ0v) is 9.63. The summed E-state index contributed by atoms with van der Waals surface area (Å²) in [4.78, 5) is 4.42. The first-order valence-corrected chi connectivity index (χ1v) is 6.15. The lowest BCUT2D eigenvalue weighted by Crippen LogP contribution is -2.17. The second-order valence-corrected chi connectivity index (χ2v) is 4.76. The van der Waals surface area contributed by atoms with E-state index >= 15 is 0 Å². The molecule has 0 saturated carbocycles. The van der Waals surface area contributed by atoms with Gasteiger partial charge in [-0.1, -0.05) is 5.16 Å². The van der Waals surface area contributed by atoms with Crippen LogP contribution in [0.4, 0.5) is 0 Å². The Bertz CT molecular complexity index is 357.